The Labute approximate surface area is 108 Å². The number of hydrogen-bond acceptors (Lipinski definition) is 3. The van der Waals surface area contributed by atoms with E-state index in [1.54, 1.807) is 0 Å². The van der Waals surface area contributed by atoms with Gasteiger partial charge in [0.1, 0.15) is 16.8 Å². The van der Waals surface area contributed by atoms with Gasteiger partial charge in [-0.1, -0.05) is 32.4 Å². The molecule has 94 valence electrons. The van der Waals surface area contributed by atoms with Crippen molar-refractivity contribution >= 4 is 17.4 Å². The third-order valence-electron chi connectivity index (χ3n) is 3.54. The van der Waals surface area contributed by atoms with Crippen molar-refractivity contribution in [1.29, 1.82) is 0 Å². The molecule has 1 fully saturated rings. The summed E-state index contributed by atoms with van der Waals surface area (Å²) >= 11 is 6.03. The number of aromatic nitrogens is 2. The van der Waals surface area contributed by atoms with E-state index in [1.165, 1.54) is 6.42 Å². The Hall–Kier alpha value is -0.830. The summed E-state index contributed by atoms with van der Waals surface area (Å²) in [6.07, 6.45) is 2.08. The van der Waals surface area contributed by atoms with Gasteiger partial charge in [0.15, 0.2) is 0 Å². The molecule has 1 unspecified atom stereocenters. The molecule has 1 aliphatic heterocycles. The van der Waals surface area contributed by atoms with Gasteiger partial charge < -0.3 is 4.90 Å². The molecule has 0 amide bonds. The van der Waals surface area contributed by atoms with Gasteiger partial charge >= 0.3 is 0 Å². The Kier molecular flexibility index (Phi) is 3.87. The minimum Gasteiger partial charge on any atom is -0.356 e. The highest BCUT2D eigenvalue weighted by atomic mass is 35.5. The molecule has 4 heteroatoms. The van der Waals surface area contributed by atoms with E-state index in [4.69, 9.17) is 11.6 Å². The number of rotatable bonds is 3. The molecule has 17 heavy (non-hydrogen) atoms. The van der Waals surface area contributed by atoms with E-state index in [2.05, 4.69) is 35.6 Å². The Bertz CT molecular complexity index is 392. The van der Waals surface area contributed by atoms with Crippen LogP contribution in [0.2, 0.25) is 5.15 Å². The number of halogens is 1. The summed E-state index contributed by atoms with van der Waals surface area (Å²) in [5.41, 5.74) is 0. The van der Waals surface area contributed by atoms with E-state index in [0.717, 1.165) is 43.0 Å². The molecule has 0 radical (unpaired) electrons. The van der Waals surface area contributed by atoms with E-state index in [1.807, 2.05) is 6.07 Å². The van der Waals surface area contributed by atoms with Crippen molar-refractivity contribution in [2.45, 2.75) is 33.6 Å². The zero-order valence-electron chi connectivity index (χ0n) is 10.8. The third kappa shape index (κ3) is 2.89. The van der Waals surface area contributed by atoms with Crippen LogP contribution in [0.3, 0.4) is 0 Å². The van der Waals surface area contributed by atoms with Gasteiger partial charge in [-0.25, -0.2) is 9.97 Å². The van der Waals surface area contributed by atoms with E-state index in [9.17, 15) is 0 Å². The molecule has 1 aromatic rings. The fourth-order valence-electron chi connectivity index (χ4n) is 2.31. The van der Waals surface area contributed by atoms with Gasteiger partial charge in [0, 0.05) is 25.6 Å². The first-order chi connectivity index (χ1) is 8.10. The average Bonchev–Trinajstić information content (AvgIpc) is 2.77. The van der Waals surface area contributed by atoms with E-state index >= 15 is 0 Å². The second kappa shape index (κ2) is 5.21. The highest BCUT2D eigenvalue weighted by molar-refractivity contribution is 6.29. The van der Waals surface area contributed by atoms with Crippen LogP contribution in [0, 0.1) is 11.8 Å². The summed E-state index contributed by atoms with van der Waals surface area (Å²) in [7, 11) is 0. The third-order valence-corrected chi connectivity index (χ3v) is 3.73. The summed E-state index contributed by atoms with van der Waals surface area (Å²) in [4.78, 5) is 11.1. The second-order valence-electron chi connectivity index (χ2n) is 5.06. The van der Waals surface area contributed by atoms with Crippen molar-refractivity contribution in [2.75, 3.05) is 18.0 Å². The van der Waals surface area contributed by atoms with Crippen molar-refractivity contribution in [1.82, 2.24) is 9.97 Å². The standard InChI is InChI=1S/C13H20ClN3/c1-4-12-15-11(14)7-13(16-12)17-6-5-10(8-17)9(2)3/h7,9-10H,4-6,8H2,1-3H3. The van der Waals surface area contributed by atoms with Crippen LogP contribution in [0.15, 0.2) is 6.07 Å². The fraction of sp³-hybridized carbons (Fsp3) is 0.692. The highest BCUT2D eigenvalue weighted by Gasteiger charge is 2.26. The van der Waals surface area contributed by atoms with Crippen LogP contribution >= 0.6 is 11.6 Å². The van der Waals surface area contributed by atoms with E-state index in [-0.39, 0.29) is 0 Å². The maximum Gasteiger partial charge on any atom is 0.134 e. The first-order valence-electron chi connectivity index (χ1n) is 6.38. The van der Waals surface area contributed by atoms with Gasteiger partial charge in [-0.15, -0.1) is 0 Å². The molecule has 1 saturated heterocycles. The van der Waals surface area contributed by atoms with Crippen LogP contribution in [0.25, 0.3) is 0 Å². The molecular formula is C13H20ClN3. The van der Waals surface area contributed by atoms with Crippen molar-refractivity contribution in [3.05, 3.63) is 17.0 Å². The van der Waals surface area contributed by atoms with Gasteiger partial charge in [-0.2, -0.15) is 0 Å². The highest BCUT2D eigenvalue weighted by Crippen LogP contribution is 2.28. The van der Waals surface area contributed by atoms with Gasteiger partial charge in [-0.05, 0) is 18.3 Å². The predicted molar refractivity (Wildman–Crippen MR) is 71.6 cm³/mol. The Morgan fingerprint density at radius 2 is 2.24 bits per heavy atom. The predicted octanol–water partition coefficient (Wildman–Crippen LogP) is 3.17. The van der Waals surface area contributed by atoms with Crippen molar-refractivity contribution in [3.8, 4) is 0 Å². The lowest BCUT2D eigenvalue weighted by Gasteiger charge is -2.19. The molecule has 1 aliphatic rings. The van der Waals surface area contributed by atoms with E-state index in [0.29, 0.717) is 5.15 Å². The Balaban J connectivity index is 2.15. The van der Waals surface area contributed by atoms with Crippen LogP contribution in [0.5, 0.6) is 0 Å². The molecule has 0 saturated carbocycles. The maximum atomic E-state index is 6.03. The number of hydrogen-bond donors (Lipinski definition) is 0. The topological polar surface area (TPSA) is 29.0 Å². The molecule has 1 aromatic heterocycles. The molecule has 0 aromatic carbocycles. The first kappa shape index (κ1) is 12.6. The fourth-order valence-corrected chi connectivity index (χ4v) is 2.51. The molecular weight excluding hydrogens is 234 g/mol. The quantitative estimate of drug-likeness (QED) is 0.775. The first-order valence-corrected chi connectivity index (χ1v) is 6.76. The zero-order chi connectivity index (χ0) is 12.4. The number of nitrogens with zero attached hydrogens (tertiary/aromatic N) is 3. The van der Waals surface area contributed by atoms with Crippen LogP contribution in [0.4, 0.5) is 5.82 Å². The summed E-state index contributed by atoms with van der Waals surface area (Å²) in [6.45, 7) is 8.81. The maximum absolute atomic E-state index is 6.03. The van der Waals surface area contributed by atoms with Gasteiger partial charge in [0.05, 0.1) is 0 Å². The van der Waals surface area contributed by atoms with Crippen molar-refractivity contribution in [2.24, 2.45) is 11.8 Å². The summed E-state index contributed by atoms with van der Waals surface area (Å²) in [6, 6.07) is 1.88. The molecule has 3 nitrogen and oxygen atoms in total. The molecule has 0 N–H and O–H groups in total. The lowest BCUT2D eigenvalue weighted by atomic mass is 9.95. The molecule has 0 aliphatic carbocycles. The number of anilines is 1. The average molecular weight is 254 g/mol. The molecule has 2 heterocycles. The summed E-state index contributed by atoms with van der Waals surface area (Å²) in [5, 5.41) is 0.555. The molecule has 1 atom stereocenters. The van der Waals surface area contributed by atoms with Crippen LogP contribution in [-0.4, -0.2) is 23.1 Å². The lowest BCUT2D eigenvalue weighted by Crippen LogP contribution is -2.22. The Morgan fingerprint density at radius 3 is 2.82 bits per heavy atom. The minimum atomic E-state index is 0.555. The van der Waals surface area contributed by atoms with Crippen molar-refractivity contribution < 1.29 is 0 Å². The zero-order valence-corrected chi connectivity index (χ0v) is 11.5. The SMILES string of the molecule is CCc1nc(Cl)cc(N2CCC(C(C)C)C2)n1. The summed E-state index contributed by atoms with van der Waals surface area (Å²) in [5.74, 6) is 3.34. The van der Waals surface area contributed by atoms with Gasteiger partial charge in [0.25, 0.3) is 0 Å². The molecule has 0 spiro atoms. The lowest BCUT2D eigenvalue weighted by molar-refractivity contribution is 0.422. The van der Waals surface area contributed by atoms with Gasteiger partial charge in [-0.3, -0.25) is 0 Å². The second-order valence-corrected chi connectivity index (χ2v) is 5.44. The van der Waals surface area contributed by atoms with Crippen molar-refractivity contribution in [3.63, 3.8) is 0 Å². The molecule has 0 bridgehead atoms. The molecule has 2 rings (SSSR count). The van der Waals surface area contributed by atoms with E-state index < -0.39 is 0 Å². The summed E-state index contributed by atoms with van der Waals surface area (Å²) < 4.78 is 0. The minimum absolute atomic E-state index is 0.555. The van der Waals surface area contributed by atoms with Gasteiger partial charge in [0.2, 0.25) is 0 Å². The Morgan fingerprint density at radius 1 is 1.47 bits per heavy atom. The monoisotopic (exact) mass is 253 g/mol. The number of aryl methyl sites for hydroxylation is 1. The normalized spacial score (nSPS) is 20.3. The smallest absolute Gasteiger partial charge is 0.134 e. The van der Waals surface area contributed by atoms with Crippen LogP contribution in [0.1, 0.15) is 33.0 Å². The van der Waals surface area contributed by atoms with Crippen LogP contribution in [-0.2, 0) is 6.42 Å². The largest absolute Gasteiger partial charge is 0.356 e. The van der Waals surface area contributed by atoms with Crippen LogP contribution < -0.4 is 4.90 Å².